The Morgan fingerprint density at radius 3 is 2.67 bits per heavy atom. The van der Waals surface area contributed by atoms with Crippen molar-refractivity contribution in [3.8, 4) is 0 Å². The summed E-state index contributed by atoms with van der Waals surface area (Å²) in [4.78, 5) is 0. The second-order valence-corrected chi connectivity index (χ2v) is 7.91. The Hall–Kier alpha value is 0.270. The van der Waals surface area contributed by atoms with Gasteiger partial charge < -0.3 is 9.84 Å². The van der Waals surface area contributed by atoms with Gasteiger partial charge in [-0.1, -0.05) is 20.8 Å². The highest BCUT2D eigenvalue weighted by Crippen LogP contribution is 2.43. The molecule has 0 aromatic carbocycles. The molecule has 0 aromatic heterocycles. The fourth-order valence-electron chi connectivity index (χ4n) is 3.27. The van der Waals surface area contributed by atoms with Crippen LogP contribution >= 0.6 is 11.8 Å². The van der Waals surface area contributed by atoms with Gasteiger partial charge in [0.25, 0.3) is 0 Å². The van der Waals surface area contributed by atoms with Crippen LogP contribution in [0.4, 0.5) is 0 Å². The van der Waals surface area contributed by atoms with Crippen molar-refractivity contribution < 1.29 is 9.84 Å². The molecule has 2 heterocycles. The summed E-state index contributed by atoms with van der Waals surface area (Å²) in [5.41, 5.74) is 0.131. The standard InChI is InChI=1S/C15H28O2S/c1-4-14(2,3)13(16)12-5-8-17-15(11-12)6-9-18-10-7-15/h12-13,16H,4-11H2,1-3H3. The molecule has 2 nitrogen and oxygen atoms in total. The molecule has 2 rings (SSSR count). The molecule has 2 aliphatic rings. The molecular weight excluding hydrogens is 244 g/mol. The Bertz CT molecular complexity index is 266. The quantitative estimate of drug-likeness (QED) is 0.853. The van der Waals surface area contributed by atoms with Gasteiger partial charge in [0.15, 0.2) is 0 Å². The smallest absolute Gasteiger partial charge is 0.0701 e. The van der Waals surface area contributed by atoms with Crippen molar-refractivity contribution in [2.24, 2.45) is 11.3 Å². The number of rotatable bonds is 3. The van der Waals surface area contributed by atoms with Crippen molar-refractivity contribution >= 4 is 11.8 Å². The molecule has 2 saturated heterocycles. The van der Waals surface area contributed by atoms with E-state index < -0.39 is 0 Å². The summed E-state index contributed by atoms with van der Waals surface area (Å²) in [5, 5.41) is 10.7. The van der Waals surface area contributed by atoms with Crippen molar-refractivity contribution in [2.45, 2.75) is 64.6 Å². The van der Waals surface area contributed by atoms with E-state index in [1.807, 2.05) is 11.8 Å². The molecule has 0 saturated carbocycles. The van der Waals surface area contributed by atoms with E-state index in [9.17, 15) is 5.11 Å². The Labute approximate surface area is 116 Å². The second-order valence-electron chi connectivity index (χ2n) is 6.68. The van der Waals surface area contributed by atoms with Gasteiger partial charge in [-0.2, -0.15) is 11.8 Å². The highest BCUT2D eigenvalue weighted by Gasteiger charge is 2.43. The van der Waals surface area contributed by atoms with E-state index in [1.54, 1.807) is 0 Å². The van der Waals surface area contributed by atoms with Crippen LogP contribution in [0.1, 0.15) is 52.9 Å². The molecule has 0 radical (unpaired) electrons. The third-order valence-electron chi connectivity index (χ3n) is 5.09. The monoisotopic (exact) mass is 272 g/mol. The lowest BCUT2D eigenvalue weighted by molar-refractivity contribution is -0.135. The van der Waals surface area contributed by atoms with Gasteiger partial charge in [-0.05, 0) is 54.9 Å². The second kappa shape index (κ2) is 5.72. The zero-order valence-electron chi connectivity index (χ0n) is 12.1. The van der Waals surface area contributed by atoms with Gasteiger partial charge in [-0.15, -0.1) is 0 Å². The van der Waals surface area contributed by atoms with Crippen LogP contribution in [-0.2, 0) is 4.74 Å². The van der Waals surface area contributed by atoms with Gasteiger partial charge in [-0.25, -0.2) is 0 Å². The molecule has 0 aromatic rings. The molecule has 18 heavy (non-hydrogen) atoms. The molecule has 2 atom stereocenters. The van der Waals surface area contributed by atoms with Crippen LogP contribution < -0.4 is 0 Å². The first-order chi connectivity index (χ1) is 8.49. The predicted octanol–water partition coefficient (Wildman–Crippen LogP) is 3.48. The number of ether oxygens (including phenoxy) is 1. The first-order valence-electron chi connectivity index (χ1n) is 7.39. The summed E-state index contributed by atoms with van der Waals surface area (Å²) in [5.74, 6) is 2.87. The van der Waals surface area contributed by atoms with Crippen LogP contribution in [0.2, 0.25) is 0 Å². The average Bonchev–Trinajstić information content (AvgIpc) is 2.39. The maximum atomic E-state index is 10.7. The Balaban J connectivity index is 2.02. The molecule has 2 aliphatic heterocycles. The Kier molecular flexibility index (Phi) is 4.66. The van der Waals surface area contributed by atoms with E-state index >= 15 is 0 Å². The average molecular weight is 272 g/mol. The lowest BCUT2D eigenvalue weighted by Gasteiger charge is -2.47. The van der Waals surface area contributed by atoms with Crippen molar-refractivity contribution in [1.29, 1.82) is 0 Å². The number of hydrogen-bond acceptors (Lipinski definition) is 3. The Morgan fingerprint density at radius 2 is 2.06 bits per heavy atom. The van der Waals surface area contributed by atoms with E-state index in [0.717, 1.165) is 25.9 Å². The van der Waals surface area contributed by atoms with Crippen LogP contribution in [0.15, 0.2) is 0 Å². The molecule has 0 amide bonds. The molecule has 2 unspecified atom stereocenters. The first-order valence-corrected chi connectivity index (χ1v) is 8.54. The summed E-state index contributed by atoms with van der Waals surface area (Å²) in [7, 11) is 0. The molecular formula is C15H28O2S. The number of thioether (sulfide) groups is 1. The van der Waals surface area contributed by atoms with Crippen LogP contribution in [0.5, 0.6) is 0 Å². The minimum Gasteiger partial charge on any atom is -0.392 e. The van der Waals surface area contributed by atoms with E-state index in [-0.39, 0.29) is 17.1 Å². The third kappa shape index (κ3) is 3.05. The van der Waals surface area contributed by atoms with Gasteiger partial charge in [-0.3, -0.25) is 0 Å². The van der Waals surface area contributed by atoms with E-state index in [0.29, 0.717) is 5.92 Å². The highest BCUT2D eigenvalue weighted by atomic mass is 32.2. The van der Waals surface area contributed by atoms with Gasteiger partial charge in [0.05, 0.1) is 11.7 Å². The van der Waals surface area contributed by atoms with Gasteiger partial charge >= 0.3 is 0 Å². The van der Waals surface area contributed by atoms with Crippen LogP contribution in [0, 0.1) is 11.3 Å². The highest BCUT2D eigenvalue weighted by molar-refractivity contribution is 7.99. The fourth-order valence-corrected chi connectivity index (χ4v) is 4.51. The van der Waals surface area contributed by atoms with Crippen molar-refractivity contribution in [1.82, 2.24) is 0 Å². The third-order valence-corrected chi connectivity index (χ3v) is 6.08. The first kappa shape index (κ1) is 14.7. The van der Waals surface area contributed by atoms with E-state index in [2.05, 4.69) is 20.8 Å². The number of aliphatic hydroxyl groups excluding tert-OH is 1. The fraction of sp³-hybridized carbons (Fsp3) is 1.00. The normalized spacial score (nSPS) is 30.3. The maximum Gasteiger partial charge on any atom is 0.0701 e. The Morgan fingerprint density at radius 1 is 1.39 bits per heavy atom. The van der Waals surface area contributed by atoms with Gasteiger partial charge in [0.1, 0.15) is 0 Å². The van der Waals surface area contributed by atoms with E-state index in [1.165, 1.54) is 24.3 Å². The zero-order chi connectivity index (χ0) is 13.2. The summed E-state index contributed by atoms with van der Waals surface area (Å²) >= 11 is 2.04. The molecule has 1 N–H and O–H groups in total. The van der Waals surface area contributed by atoms with Crippen LogP contribution in [0.25, 0.3) is 0 Å². The predicted molar refractivity (Wildman–Crippen MR) is 78.0 cm³/mol. The van der Waals surface area contributed by atoms with Crippen molar-refractivity contribution in [2.75, 3.05) is 18.1 Å². The lowest BCUT2D eigenvalue weighted by atomic mass is 9.71. The van der Waals surface area contributed by atoms with Crippen LogP contribution in [-0.4, -0.2) is 34.9 Å². The largest absolute Gasteiger partial charge is 0.392 e. The van der Waals surface area contributed by atoms with Gasteiger partial charge in [0.2, 0.25) is 0 Å². The summed E-state index contributed by atoms with van der Waals surface area (Å²) in [6.07, 6.45) is 5.30. The topological polar surface area (TPSA) is 29.5 Å². The maximum absolute atomic E-state index is 10.7. The number of hydrogen-bond donors (Lipinski definition) is 1. The minimum atomic E-state index is -0.183. The molecule has 0 aliphatic carbocycles. The molecule has 3 heteroatoms. The van der Waals surface area contributed by atoms with Gasteiger partial charge in [0, 0.05) is 6.61 Å². The zero-order valence-corrected chi connectivity index (χ0v) is 12.9. The lowest BCUT2D eigenvalue weighted by Crippen LogP contribution is -2.48. The number of aliphatic hydroxyl groups is 1. The summed E-state index contributed by atoms with van der Waals surface area (Å²) < 4.78 is 6.11. The summed E-state index contributed by atoms with van der Waals surface area (Å²) in [6, 6.07) is 0. The van der Waals surface area contributed by atoms with Crippen molar-refractivity contribution in [3.63, 3.8) is 0 Å². The van der Waals surface area contributed by atoms with Crippen LogP contribution in [0.3, 0.4) is 0 Å². The summed E-state index contributed by atoms with van der Waals surface area (Å²) in [6.45, 7) is 7.40. The van der Waals surface area contributed by atoms with Crippen molar-refractivity contribution in [3.05, 3.63) is 0 Å². The SMILES string of the molecule is CCC(C)(C)C(O)C1CCOC2(CCSCC2)C1. The molecule has 106 valence electrons. The molecule has 2 fully saturated rings. The molecule has 1 spiro atoms. The van der Waals surface area contributed by atoms with E-state index in [4.69, 9.17) is 4.74 Å². The molecule has 0 bridgehead atoms. The minimum absolute atomic E-state index is 0.0343.